The average Bonchev–Trinajstić information content (AvgIpc) is 2.03. The van der Waals surface area contributed by atoms with Crippen molar-refractivity contribution in [3.8, 4) is 0 Å². The Kier molecular flexibility index (Phi) is 3.77. The molecular weight excluding hydrogens is 160 g/mol. The highest BCUT2D eigenvalue weighted by Crippen LogP contribution is 2.07. The summed E-state index contributed by atoms with van der Waals surface area (Å²) in [6.07, 6.45) is 11.6. The maximum atomic E-state index is 5.64. The number of allylic oxidation sites excluding steroid dienone is 3. The van der Waals surface area contributed by atoms with Gasteiger partial charge in [-0.2, -0.15) is 0 Å². The summed E-state index contributed by atoms with van der Waals surface area (Å²) in [7, 11) is 2.07. The fourth-order valence-corrected chi connectivity index (χ4v) is 1.22. The van der Waals surface area contributed by atoms with E-state index in [4.69, 9.17) is 5.73 Å². The molecule has 0 aliphatic carbocycles. The number of nitrogens with zero attached hydrogens (tertiary/aromatic N) is 1. The minimum Gasteiger partial charge on any atom is -0.376 e. The molecule has 13 heavy (non-hydrogen) atoms. The van der Waals surface area contributed by atoms with Crippen LogP contribution in [-0.2, 0) is 0 Å². The Bertz CT molecular complexity index is 236. The van der Waals surface area contributed by atoms with E-state index in [1.165, 1.54) is 5.57 Å². The van der Waals surface area contributed by atoms with Gasteiger partial charge in [0.25, 0.3) is 0 Å². The quantitative estimate of drug-likeness (QED) is 0.712. The molecule has 1 heterocycles. The van der Waals surface area contributed by atoms with Crippen LogP contribution in [0.5, 0.6) is 0 Å². The third-order valence-electron chi connectivity index (χ3n) is 1.89. The van der Waals surface area contributed by atoms with E-state index >= 15 is 0 Å². The van der Waals surface area contributed by atoms with Crippen molar-refractivity contribution < 1.29 is 0 Å². The molecule has 0 spiro atoms. The van der Waals surface area contributed by atoms with Crippen LogP contribution in [0.3, 0.4) is 0 Å². The van der Waals surface area contributed by atoms with Gasteiger partial charge in [-0.15, -0.1) is 0 Å². The molecule has 0 radical (unpaired) electrons. The Morgan fingerprint density at radius 2 is 2.46 bits per heavy atom. The molecule has 1 unspecified atom stereocenters. The van der Waals surface area contributed by atoms with Crippen LogP contribution in [0.2, 0.25) is 0 Å². The van der Waals surface area contributed by atoms with Gasteiger partial charge in [-0.3, -0.25) is 0 Å². The lowest BCUT2D eigenvalue weighted by atomic mass is 10.1. The predicted molar refractivity (Wildman–Crippen MR) is 57.3 cm³/mol. The van der Waals surface area contributed by atoms with Gasteiger partial charge in [0, 0.05) is 25.8 Å². The molecule has 0 saturated heterocycles. The normalized spacial score (nSPS) is 19.3. The number of rotatable bonds is 3. The molecular formula is C11H18N2. The smallest absolute Gasteiger partial charge is 0.0354 e. The van der Waals surface area contributed by atoms with Crippen LogP contribution >= 0.6 is 0 Å². The van der Waals surface area contributed by atoms with Gasteiger partial charge in [0.2, 0.25) is 0 Å². The molecule has 0 aromatic rings. The van der Waals surface area contributed by atoms with Crippen LogP contribution in [0, 0.1) is 0 Å². The van der Waals surface area contributed by atoms with Crippen molar-refractivity contribution in [2.75, 3.05) is 13.6 Å². The first-order chi connectivity index (χ1) is 6.18. The topological polar surface area (TPSA) is 29.3 Å². The Morgan fingerprint density at radius 3 is 3.08 bits per heavy atom. The summed E-state index contributed by atoms with van der Waals surface area (Å²) in [5.74, 6) is 0. The van der Waals surface area contributed by atoms with Gasteiger partial charge >= 0.3 is 0 Å². The lowest BCUT2D eigenvalue weighted by molar-refractivity contribution is 0.502. The lowest BCUT2D eigenvalue weighted by Crippen LogP contribution is -2.14. The number of hydrogen-bond donors (Lipinski definition) is 1. The van der Waals surface area contributed by atoms with Gasteiger partial charge < -0.3 is 10.6 Å². The van der Waals surface area contributed by atoms with Crippen molar-refractivity contribution in [3.05, 3.63) is 36.1 Å². The maximum Gasteiger partial charge on any atom is 0.0354 e. The van der Waals surface area contributed by atoms with Gasteiger partial charge in [-0.05, 0) is 18.9 Å². The van der Waals surface area contributed by atoms with E-state index in [0.717, 1.165) is 13.0 Å². The molecule has 72 valence electrons. The van der Waals surface area contributed by atoms with Crippen LogP contribution in [-0.4, -0.2) is 24.5 Å². The molecule has 1 aliphatic heterocycles. The summed E-state index contributed by atoms with van der Waals surface area (Å²) in [5.41, 5.74) is 6.88. The second kappa shape index (κ2) is 4.87. The Balaban J connectivity index is 2.44. The summed E-state index contributed by atoms with van der Waals surface area (Å²) in [6, 6.07) is 0.252. The molecule has 0 aromatic carbocycles. The van der Waals surface area contributed by atoms with Crippen LogP contribution in [0.4, 0.5) is 0 Å². The summed E-state index contributed by atoms with van der Waals surface area (Å²) < 4.78 is 0. The monoisotopic (exact) mass is 178 g/mol. The van der Waals surface area contributed by atoms with Crippen molar-refractivity contribution in [2.24, 2.45) is 5.73 Å². The fourth-order valence-electron chi connectivity index (χ4n) is 1.22. The Labute approximate surface area is 80.4 Å². The van der Waals surface area contributed by atoms with Crippen molar-refractivity contribution in [2.45, 2.75) is 19.4 Å². The summed E-state index contributed by atoms with van der Waals surface area (Å²) in [6.45, 7) is 3.02. The van der Waals surface area contributed by atoms with E-state index in [0.29, 0.717) is 0 Å². The van der Waals surface area contributed by atoms with Gasteiger partial charge in [0.15, 0.2) is 0 Å². The molecule has 2 N–H and O–H groups in total. The summed E-state index contributed by atoms with van der Waals surface area (Å²) >= 11 is 0. The van der Waals surface area contributed by atoms with Crippen molar-refractivity contribution in [3.63, 3.8) is 0 Å². The molecule has 0 bridgehead atoms. The number of nitrogens with two attached hydrogens (primary N) is 1. The first-order valence-electron chi connectivity index (χ1n) is 4.69. The van der Waals surface area contributed by atoms with E-state index < -0.39 is 0 Å². The van der Waals surface area contributed by atoms with Crippen LogP contribution in [0.15, 0.2) is 36.1 Å². The highest BCUT2D eigenvalue weighted by molar-refractivity contribution is 5.32. The summed E-state index contributed by atoms with van der Waals surface area (Å²) in [4.78, 5) is 2.16. The van der Waals surface area contributed by atoms with Gasteiger partial charge in [0.05, 0.1) is 0 Å². The molecule has 0 aromatic heterocycles. The van der Waals surface area contributed by atoms with Gasteiger partial charge in [-0.25, -0.2) is 0 Å². The zero-order valence-electron chi connectivity index (χ0n) is 8.40. The molecule has 1 aliphatic rings. The largest absolute Gasteiger partial charge is 0.376 e. The van der Waals surface area contributed by atoms with E-state index in [-0.39, 0.29) is 6.04 Å². The van der Waals surface area contributed by atoms with Crippen molar-refractivity contribution in [1.29, 1.82) is 0 Å². The highest BCUT2D eigenvalue weighted by atomic mass is 15.1. The van der Waals surface area contributed by atoms with Gasteiger partial charge in [-0.1, -0.05) is 24.3 Å². The van der Waals surface area contributed by atoms with Crippen molar-refractivity contribution in [1.82, 2.24) is 4.90 Å². The lowest BCUT2D eigenvalue weighted by Gasteiger charge is -2.15. The molecule has 0 saturated carbocycles. The molecule has 0 fully saturated rings. The second-order valence-electron chi connectivity index (χ2n) is 3.59. The third-order valence-corrected chi connectivity index (χ3v) is 1.89. The van der Waals surface area contributed by atoms with Gasteiger partial charge in [0.1, 0.15) is 0 Å². The maximum absolute atomic E-state index is 5.64. The SMILES string of the molecule is CC(N)CC=CC1=CN(C)CC=C1. The molecule has 1 atom stereocenters. The first-order valence-corrected chi connectivity index (χ1v) is 4.69. The van der Waals surface area contributed by atoms with Crippen LogP contribution < -0.4 is 5.73 Å². The molecule has 2 nitrogen and oxygen atoms in total. The summed E-state index contributed by atoms with van der Waals surface area (Å²) in [5, 5.41) is 0. The molecule has 1 rings (SSSR count). The van der Waals surface area contributed by atoms with E-state index in [9.17, 15) is 0 Å². The molecule has 0 amide bonds. The second-order valence-corrected chi connectivity index (χ2v) is 3.59. The van der Waals surface area contributed by atoms with Crippen molar-refractivity contribution >= 4 is 0 Å². The highest BCUT2D eigenvalue weighted by Gasteiger charge is 1.96. The number of hydrogen-bond acceptors (Lipinski definition) is 2. The van der Waals surface area contributed by atoms with E-state index in [1.54, 1.807) is 0 Å². The zero-order valence-corrected chi connectivity index (χ0v) is 8.40. The minimum absolute atomic E-state index is 0.252. The van der Waals surface area contributed by atoms with Crippen LogP contribution in [0.25, 0.3) is 0 Å². The zero-order chi connectivity index (χ0) is 9.68. The van der Waals surface area contributed by atoms with E-state index in [1.807, 2.05) is 6.92 Å². The number of likely N-dealkylation sites (N-methyl/N-ethyl adjacent to an activating group) is 1. The molecule has 2 heteroatoms. The van der Waals surface area contributed by atoms with Crippen LogP contribution in [0.1, 0.15) is 13.3 Å². The predicted octanol–water partition coefficient (Wildman–Crippen LogP) is 1.67. The first kappa shape index (κ1) is 10.1. The minimum atomic E-state index is 0.252. The third kappa shape index (κ3) is 3.95. The average molecular weight is 178 g/mol. The Morgan fingerprint density at radius 1 is 1.69 bits per heavy atom. The fraction of sp³-hybridized carbons (Fsp3) is 0.455. The Hall–Kier alpha value is -1.02. The standard InChI is InChI=1S/C11H18N2/c1-10(12)5-3-6-11-7-4-8-13(2)9-11/h3-4,6-7,9-10H,5,8,12H2,1-2H3. The van der Waals surface area contributed by atoms with E-state index in [2.05, 4.69) is 42.5 Å².